The van der Waals surface area contributed by atoms with E-state index in [4.69, 9.17) is 0 Å². The summed E-state index contributed by atoms with van der Waals surface area (Å²) in [6, 6.07) is 7.99. The number of nitrogens with one attached hydrogen (secondary N) is 1. The maximum atomic E-state index is 12.9. The fraction of sp³-hybridized carbons (Fsp3) is 0.571. The van der Waals surface area contributed by atoms with Crippen molar-refractivity contribution >= 4 is 17.8 Å². The van der Waals surface area contributed by atoms with Crippen molar-refractivity contribution in [2.75, 3.05) is 0 Å². The number of nitrogens with zero attached hydrogens (tertiary/aromatic N) is 1. The number of amides is 2. The number of carboxylic acid groups (broad SMARTS) is 1. The van der Waals surface area contributed by atoms with E-state index in [-0.39, 0.29) is 30.7 Å². The van der Waals surface area contributed by atoms with Gasteiger partial charge in [0.15, 0.2) is 0 Å². The molecule has 0 aliphatic carbocycles. The zero-order valence-electron chi connectivity index (χ0n) is 17.2. The van der Waals surface area contributed by atoms with Crippen LogP contribution in [0.3, 0.4) is 0 Å². The van der Waals surface area contributed by atoms with Crippen LogP contribution in [0.4, 0.5) is 0 Å². The van der Waals surface area contributed by atoms with E-state index in [0.29, 0.717) is 0 Å². The molecule has 0 aliphatic heterocycles. The first-order valence-electron chi connectivity index (χ1n) is 9.16. The maximum Gasteiger partial charge on any atom is 0.326 e. The highest BCUT2D eigenvalue weighted by atomic mass is 16.4. The van der Waals surface area contributed by atoms with Gasteiger partial charge in [-0.05, 0) is 31.7 Å². The molecule has 1 aromatic rings. The molecule has 0 aliphatic rings. The van der Waals surface area contributed by atoms with E-state index in [1.165, 1.54) is 4.90 Å². The Balaban J connectivity index is 3.12. The Labute approximate surface area is 161 Å². The molecule has 6 nitrogen and oxygen atoms in total. The summed E-state index contributed by atoms with van der Waals surface area (Å²) in [4.78, 5) is 38.5. The Kier molecular flexibility index (Phi) is 7.57. The zero-order chi connectivity index (χ0) is 20.8. The highest BCUT2D eigenvalue weighted by Gasteiger charge is 2.34. The SMILES string of the molecule is CC(C)(C)CC(=O)N(Cc1ccccc1)[C@@H](CC(=O)NC(C)(C)C)C(=O)O. The molecule has 1 aromatic carbocycles. The molecule has 0 spiro atoms. The van der Waals surface area contributed by atoms with E-state index in [1.54, 1.807) is 0 Å². The van der Waals surface area contributed by atoms with Gasteiger partial charge < -0.3 is 15.3 Å². The average molecular weight is 376 g/mol. The average Bonchev–Trinajstić information content (AvgIpc) is 2.48. The van der Waals surface area contributed by atoms with E-state index in [1.807, 2.05) is 71.9 Å². The molecule has 6 heteroatoms. The van der Waals surface area contributed by atoms with Crippen LogP contribution in [0, 0.1) is 5.41 Å². The molecule has 0 aromatic heterocycles. The summed E-state index contributed by atoms with van der Waals surface area (Å²) < 4.78 is 0. The molecule has 2 N–H and O–H groups in total. The van der Waals surface area contributed by atoms with Crippen molar-refractivity contribution in [3.8, 4) is 0 Å². The molecule has 150 valence electrons. The number of carbonyl (C=O) groups is 3. The molecule has 0 unspecified atom stereocenters. The van der Waals surface area contributed by atoms with Crippen molar-refractivity contribution in [3.63, 3.8) is 0 Å². The second-order valence-electron chi connectivity index (χ2n) is 9.10. The lowest BCUT2D eigenvalue weighted by Gasteiger charge is -2.32. The molecular formula is C21H32N2O4. The summed E-state index contributed by atoms with van der Waals surface area (Å²) in [6.45, 7) is 11.4. The maximum absolute atomic E-state index is 12.9. The molecule has 0 heterocycles. The number of hydrogen-bond donors (Lipinski definition) is 2. The third kappa shape index (κ3) is 8.71. The number of carboxylic acids is 1. The van der Waals surface area contributed by atoms with Crippen molar-refractivity contribution in [1.82, 2.24) is 10.2 Å². The van der Waals surface area contributed by atoms with Crippen LogP contribution < -0.4 is 5.32 Å². The number of carbonyl (C=O) groups excluding carboxylic acids is 2. The second kappa shape index (κ2) is 9.02. The van der Waals surface area contributed by atoms with Crippen molar-refractivity contribution in [3.05, 3.63) is 35.9 Å². The van der Waals surface area contributed by atoms with Gasteiger partial charge >= 0.3 is 5.97 Å². The Hall–Kier alpha value is -2.37. The van der Waals surface area contributed by atoms with Gasteiger partial charge in [-0.2, -0.15) is 0 Å². The van der Waals surface area contributed by atoms with Crippen molar-refractivity contribution in [2.45, 2.75) is 72.5 Å². The van der Waals surface area contributed by atoms with Crippen LogP contribution in [0.2, 0.25) is 0 Å². The molecule has 1 rings (SSSR count). The second-order valence-corrected chi connectivity index (χ2v) is 9.10. The quantitative estimate of drug-likeness (QED) is 0.765. The summed E-state index contributed by atoms with van der Waals surface area (Å²) in [5, 5.41) is 12.5. The van der Waals surface area contributed by atoms with E-state index >= 15 is 0 Å². The Morgan fingerprint density at radius 1 is 1.04 bits per heavy atom. The number of hydrogen-bond acceptors (Lipinski definition) is 3. The number of aliphatic carboxylic acids is 1. The van der Waals surface area contributed by atoms with Crippen LogP contribution in [0.25, 0.3) is 0 Å². The summed E-state index contributed by atoms with van der Waals surface area (Å²) in [6.07, 6.45) is -0.0835. The molecule has 0 bridgehead atoms. The molecule has 0 saturated heterocycles. The molecule has 0 saturated carbocycles. The van der Waals surface area contributed by atoms with Gasteiger partial charge in [0.1, 0.15) is 6.04 Å². The Morgan fingerprint density at radius 2 is 1.59 bits per heavy atom. The predicted molar refractivity (Wildman–Crippen MR) is 105 cm³/mol. The predicted octanol–water partition coefficient (Wildman–Crippen LogP) is 3.21. The van der Waals surface area contributed by atoms with E-state index in [2.05, 4.69) is 5.32 Å². The highest BCUT2D eigenvalue weighted by molar-refractivity contribution is 5.89. The van der Waals surface area contributed by atoms with E-state index < -0.39 is 23.5 Å². The summed E-state index contributed by atoms with van der Waals surface area (Å²) >= 11 is 0. The normalized spacial score (nSPS) is 13.0. The Morgan fingerprint density at radius 3 is 2.04 bits per heavy atom. The minimum absolute atomic E-state index is 0.148. The van der Waals surface area contributed by atoms with Crippen LogP contribution in [0.5, 0.6) is 0 Å². The zero-order valence-corrected chi connectivity index (χ0v) is 17.2. The fourth-order valence-electron chi connectivity index (χ4n) is 2.68. The van der Waals surface area contributed by atoms with Gasteiger partial charge in [-0.1, -0.05) is 51.1 Å². The van der Waals surface area contributed by atoms with Gasteiger partial charge in [0.2, 0.25) is 11.8 Å². The van der Waals surface area contributed by atoms with Gasteiger partial charge in [-0.15, -0.1) is 0 Å². The number of benzene rings is 1. The van der Waals surface area contributed by atoms with Gasteiger partial charge in [0.05, 0.1) is 6.42 Å². The third-order valence-electron chi connectivity index (χ3n) is 3.75. The summed E-state index contributed by atoms with van der Waals surface area (Å²) in [5.41, 5.74) is 0.0602. The van der Waals surface area contributed by atoms with Gasteiger partial charge in [0, 0.05) is 18.5 Å². The smallest absolute Gasteiger partial charge is 0.326 e. The van der Waals surface area contributed by atoms with Crippen molar-refractivity contribution in [2.24, 2.45) is 5.41 Å². The molecule has 27 heavy (non-hydrogen) atoms. The Bertz CT molecular complexity index is 657. The molecule has 2 amide bonds. The lowest BCUT2D eigenvalue weighted by atomic mass is 9.91. The minimum Gasteiger partial charge on any atom is -0.480 e. The first-order valence-corrected chi connectivity index (χ1v) is 9.16. The standard InChI is InChI=1S/C21H32N2O4/c1-20(2,3)13-18(25)23(14-15-10-8-7-9-11-15)16(19(26)27)12-17(24)22-21(4,5)6/h7-11,16H,12-14H2,1-6H3,(H,22,24)(H,26,27)/t16-/m0/s1. The molecule has 0 fully saturated rings. The van der Waals surface area contributed by atoms with Crippen LogP contribution in [0.1, 0.15) is 59.9 Å². The molecule has 1 atom stereocenters. The minimum atomic E-state index is -1.22. The molecule has 0 radical (unpaired) electrons. The first kappa shape index (κ1) is 22.7. The number of rotatable bonds is 7. The fourth-order valence-corrected chi connectivity index (χ4v) is 2.68. The largest absolute Gasteiger partial charge is 0.480 e. The van der Waals surface area contributed by atoms with Crippen LogP contribution in [0.15, 0.2) is 30.3 Å². The highest BCUT2D eigenvalue weighted by Crippen LogP contribution is 2.23. The topological polar surface area (TPSA) is 86.7 Å². The van der Waals surface area contributed by atoms with Crippen LogP contribution >= 0.6 is 0 Å². The van der Waals surface area contributed by atoms with Gasteiger partial charge in [-0.25, -0.2) is 4.79 Å². The first-order chi connectivity index (χ1) is 12.3. The third-order valence-corrected chi connectivity index (χ3v) is 3.75. The lowest BCUT2D eigenvalue weighted by Crippen LogP contribution is -2.50. The van der Waals surface area contributed by atoms with Gasteiger partial charge in [-0.3, -0.25) is 9.59 Å². The van der Waals surface area contributed by atoms with Crippen LogP contribution in [-0.2, 0) is 20.9 Å². The van der Waals surface area contributed by atoms with E-state index in [0.717, 1.165) is 5.56 Å². The molecular weight excluding hydrogens is 344 g/mol. The van der Waals surface area contributed by atoms with Crippen LogP contribution in [-0.4, -0.2) is 39.4 Å². The van der Waals surface area contributed by atoms with Crippen molar-refractivity contribution in [1.29, 1.82) is 0 Å². The summed E-state index contributed by atoms with van der Waals surface area (Å²) in [7, 11) is 0. The van der Waals surface area contributed by atoms with Gasteiger partial charge in [0.25, 0.3) is 0 Å². The summed E-state index contributed by atoms with van der Waals surface area (Å²) in [5.74, 6) is -1.85. The monoisotopic (exact) mass is 376 g/mol. The van der Waals surface area contributed by atoms with Crippen molar-refractivity contribution < 1.29 is 19.5 Å². The van der Waals surface area contributed by atoms with E-state index in [9.17, 15) is 19.5 Å². The lowest BCUT2D eigenvalue weighted by molar-refractivity contribution is -0.153.